The molecule has 59 heavy (non-hydrogen) atoms. The summed E-state index contributed by atoms with van der Waals surface area (Å²) < 4.78 is 8.50. The molecule has 1 spiro atoms. The van der Waals surface area contributed by atoms with E-state index >= 15 is 0 Å². The molecular weight excluding hydrogens is 788 g/mol. The number of hydrogen-bond donors (Lipinski definition) is 0. The molecule has 0 unspecified atom stereocenters. The first-order chi connectivity index (χ1) is 28.8. The Kier molecular flexibility index (Phi) is 4.51. The minimum absolute atomic E-state index is 0.661. The van der Waals surface area contributed by atoms with Crippen molar-refractivity contribution in [3.63, 3.8) is 0 Å². The van der Waals surface area contributed by atoms with Crippen LogP contribution in [0.5, 0.6) is 0 Å². The van der Waals surface area contributed by atoms with E-state index in [4.69, 9.17) is 20.0 Å². The fourth-order valence-electron chi connectivity index (χ4n) is 11.5. The Bertz CT molecular complexity index is 3960. The Labute approximate surface area is 341 Å². The van der Waals surface area contributed by atoms with Gasteiger partial charge in [0, 0.05) is 0 Å². The number of fused-ring (bicyclic) bond motifs is 16. The van der Waals surface area contributed by atoms with Crippen molar-refractivity contribution in [3.8, 4) is 0 Å². The number of hydrogen-bond acceptors (Lipinski definition) is 4. The molecule has 0 saturated heterocycles. The average Bonchev–Trinajstić information content (AvgIpc) is 3.95. The van der Waals surface area contributed by atoms with Crippen molar-refractivity contribution in [1.29, 1.82) is 0 Å². The molecule has 8 aromatic carbocycles. The van der Waals surface area contributed by atoms with E-state index in [9.17, 15) is 22.2 Å². The number of benzene rings is 8. The summed E-state index contributed by atoms with van der Waals surface area (Å²) in [5.41, 5.74) is 5.02. The molecule has 0 radical (unpaired) electrons. The molecule has 16 rings (SSSR count). The maximum atomic E-state index is 9.48. The zero-order valence-corrected chi connectivity index (χ0v) is 33.2. The van der Waals surface area contributed by atoms with Gasteiger partial charge in [-0.25, -0.2) is 0 Å². The molecule has 6 aliphatic rings. The molecule has 0 atom stereocenters. The van der Waals surface area contributed by atoms with Gasteiger partial charge in [0.2, 0.25) is 0 Å². The quantitative estimate of drug-likeness (QED) is 0.108. The van der Waals surface area contributed by atoms with E-state index in [0.29, 0.717) is 46.0 Å². The molecular formula is C48H24Cl2N8Si. The number of amidine groups is 4. The monoisotopic (exact) mass is 810 g/mol. The number of aliphatic imine (C=N–C) groups is 2. The van der Waals surface area contributed by atoms with E-state index in [1.54, 1.807) is 0 Å². The maximum absolute atomic E-state index is 9.48. The summed E-state index contributed by atoms with van der Waals surface area (Å²) in [4.78, 5) is 22.7. The minimum atomic E-state index is -6.41. The summed E-state index contributed by atoms with van der Waals surface area (Å²) in [6, 6.07) is 51.5. The Morgan fingerprint density at radius 1 is 0.373 bits per heavy atom. The standard InChI is InChI=1S/C48H24Cl2N8Si/c49-59(50)55-41-33-17-25-9-1-2-10-26(25)18-34(33)42(55)52-44-37-21-29-13-5-6-14-30(29)22-38(37)46(57(44)59)54-48-40-24-32-16-8-7-15-31(32)23-39(40)47(58(48)59)53-45-36-20-28-12-4-3-11-27(28)19-35(36)43(51-41)56(45)59/h1-24H. The molecule has 0 saturated carbocycles. The van der Waals surface area contributed by atoms with E-state index in [0.717, 1.165) is 86.9 Å². The third kappa shape index (κ3) is 2.91. The fraction of sp³-hybridized carbons (Fsp3) is 0. The van der Waals surface area contributed by atoms with Gasteiger partial charge in [-0.1, -0.05) is 0 Å². The van der Waals surface area contributed by atoms with Crippen LogP contribution in [0.2, 0.25) is 0 Å². The molecule has 8 nitrogen and oxygen atoms in total. The van der Waals surface area contributed by atoms with E-state index in [2.05, 4.69) is 163 Å². The van der Waals surface area contributed by atoms with Gasteiger partial charge in [0.25, 0.3) is 0 Å². The second-order valence-corrected chi connectivity index (χ2v) is 27.0. The third-order valence-corrected chi connectivity index (χ3v) is 23.4. The second kappa shape index (κ2) is 8.84. The third-order valence-electron chi connectivity index (χ3n) is 13.9. The van der Waals surface area contributed by atoms with Gasteiger partial charge in [0.05, 0.1) is 0 Å². The zero-order valence-electron chi connectivity index (χ0n) is 30.7. The average molecular weight is 812 g/mol. The summed E-state index contributed by atoms with van der Waals surface area (Å²) in [7, 11) is 0. The molecule has 11 heteroatoms. The Morgan fingerprint density at radius 3 is 1.07 bits per heavy atom. The summed E-state index contributed by atoms with van der Waals surface area (Å²) in [5.74, 6) is -2.44. The molecule has 10 aromatic rings. The van der Waals surface area contributed by atoms with Crippen molar-refractivity contribution in [2.24, 2.45) is 20.0 Å². The van der Waals surface area contributed by atoms with Crippen molar-refractivity contribution < 1.29 is 8.48 Å². The first-order valence-corrected chi connectivity index (χ1v) is 24.6. The number of halogens is 2. The van der Waals surface area contributed by atoms with Gasteiger partial charge in [0.1, 0.15) is 0 Å². The van der Waals surface area contributed by atoms with Gasteiger partial charge in [0.15, 0.2) is 0 Å². The van der Waals surface area contributed by atoms with Gasteiger partial charge < -0.3 is 0 Å². The van der Waals surface area contributed by atoms with Crippen molar-refractivity contribution in [2.45, 2.75) is 0 Å². The Morgan fingerprint density at radius 2 is 0.695 bits per heavy atom. The van der Waals surface area contributed by atoms with Crippen molar-refractivity contribution in [1.82, 2.24) is 8.47 Å². The normalized spacial score (nSPS) is 19.7. The van der Waals surface area contributed by atoms with E-state index in [1.807, 2.05) is 0 Å². The zero-order chi connectivity index (χ0) is 38.4. The molecule has 0 aliphatic carbocycles. The summed E-state index contributed by atoms with van der Waals surface area (Å²) in [6.45, 7) is 0. The molecule has 6 aliphatic heterocycles. The SMILES string of the molecule is Cl[Si-2]123(Cl)n4c5c6cc7ccccc7cc6c4N=C4c6cc7ccccc7cc6C(=[N+]41)N=c1c4cc6ccccc6cc4c(n12)=NC1=[N+]3C(=N5)c2cc3ccccc3cc21. The van der Waals surface area contributed by atoms with Gasteiger partial charge in [-0.3, -0.25) is 0 Å². The first-order valence-electron chi connectivity index (χ1n) is 19.8. The number of aromatic nitrogens is 2. The van der Waals surface area contributed by atoms with Crippen molar-refractivity contribution in [3.05, 3.63) is 179 Å². The van der Waals surface area contributed by atoms with Gasteiger partial charge >= 0.3 is 343 Å². The molecule has 0 bridgehead atoms. The van der Waals surface area contributed by atoms with Crippen LogP contribution in [0.3, 0.4) is 0 Å². The van der Waals surface area contributed by atoms with Crippen LogP contribution >= 0.6 is 22.2 Å². The van der Waals surface area contributed by atoms with Crippen molar-refractivity contribution >= 4 is 128 Å². The van der Waals surface area contributed by atoms with E-state index in [-0.39, 0.29) is 0 Å². The van der Waals surface area contributed by atoms with Crippen LogP contribution in [0.15, 0.2) is 166 Å². The van der Waals surface area contributed by atoms with Crippen LogP contribution in [0.1, 0.15) is 22.3 Å². The Hall–Kier alpha value is -7.04. The van der Waals surface area contributed by atoms with Crippen LogP contribution in [0.25, 0.3) is 64.6 Å². The van der Waals surface area contributed by atoms with Gasteiger partial charge in [-0.05, 0) is 0 Å². The van der Waals surface area contributed by atoms with Crippen LogP contribution < -0.4 is 11.0 Å². The molecule has 0 N–H and O–H groups in total. The van der Waals surface area contributed by atoms with Gasteiger partial charge in [-0.2, -0.15) is 0 Å². The molecule has 0 fully saturated rings. The topological polar surface area (TPSA) is 65.3 Å². The molecule has 2 aromatic heterocycles. The van der Waals surface area contributed by atoms with E-state index < -0.39 is 5.89 Å². The fourth-order valence-corrected chi connectivity index (χ4v) is 21.4. The van der Waals surface area contributed by atoms with Gasteiger partial charge in [-0.15, -0.1) is 0 Å². The Balaban J connectivity index is 1.24. The second-order valence-electron chi connectivity index (χ2n) is 16.7. The first kappa shape index (κ1) is 30.1. The van der Waals surface area contributed by atoms with Crippen LogP contribution in [0, 0.1) is 0 Å². The van der Waals surface area contributed by atoms with Crippen LogP contribution in [-0.2, 0) is 0 Å². The molecule has 8 heterocycles. The molecule has 274 valence electrons. The molecule has 0 amide bonds. The summed E-state index contributed by atoms with van der Waals surface area (Å²) in [6.07, 6.45) is 0. The van der Waals surface area contributed by atoms with Crippen molar-refractivity contribution in [2.75, 3.05) is 0 Å². The predicted octanol–water partition coefficient (Wildman–Crippen LogP) is 9.42. The number of rotatable bonds is 0. The predicted molar refractivity (Wildman–Crippen MR) is 238 cm³/mol. The van der Waals surface area contributed by atoms with Crippen LogP contribution in [0.4, 0.5) is 11.6 Å². The summed E-state index contributed by atoms with van der Waals surface area (Å²) in [5, 5.41) is 12.4. The number of nitrogens with zero attached hydrogens (tertiary/aromatic N) is 8. The summed E-state index contributed by atoms with van der Waals surface area (Å²) >= 11 is 19.0. The van der Waals surface area contributed by atoms with E-state index in [1.165, 1.54) is 0 Å². The van der Waals surface area contributed by atoms with Crippen LogP contribution in [-0.4, -0.2) is 46.2 Å².